The molecule has 202 valence electrons. The molecule has 2 atom stereocenters. The van der Waals surface area contributed by atoms with Crippen molar-refractivity contribution in [2.75, 3.05) is 0 Å². The van der Waals surface area contributed by atoms with Crippen molar-refractivity contribution in [2.24, 2.45) is 0 Å². The van der Waals surface area contributed by atoms with E-state index in [4.69, 9.17) is 9.47 Å². The molecule has 0 radical (unpaired) electrons. The van der Waals surface area contributed by atoms with Gasteiger partial charge in [-0.05, 0) is 58.1 Å². The van der Waals surface area contributed by atoms with Crippen LogP contribution in [0.25, 0.3) is 0 Å². The van der Waals surface area contributed by atoms with E-state index in [2.05, 4.69) is 77.9 Å². The van der Waals surface area contributed by atoms with Gasteiger partial charge < -0.3 is 9.47 Å². The summed E-state index contributed by atoms with van der Waals surface area (Å²) in [4.78, 5) is 24.7. The van der Waals surface area contributed by atoms with Gasteiger partial charge in [-0.25, -0.2) is 0 Å². The van der Waals surface area contributed by atoms with E-state index in [1.54, 1.807) is 0 Å². The Bertz CT molecular complexity index is 1180. The number of benzene rings is 3. The van der Waals surface area contributed by atoms with Crippen molar-refractivity contribution < 1.29 is 19.1 Å². The minimum atomic E-state index is -0.650. The molecule has 0 saturated heterocycles. The van der Waals surface area contributed by atoms with Crippen LogP contribution in [-0.2, 0) is 29.9 Å². The van der Waals surface area contributed by atoms with E-state index in [-0.39, 0.29) is 22.8 Å². The standard InChI is InChI=1S/C34H42O4/c1-21-19-29(31(37-23(3)35)25-11-15-27(16-12-25)33(5,6)7)30(20-22(21)2)32(38-24(4)36)26-13-17-28(18-14-26)34(8,9)10/h11-20,31-32H,1-10H3. The van der Waals surface area contributed by atoms with Gasteiger partial charge in [0.05, 0.1) is 0 Å². The lowest BCUT2D eigenvalue weighted by Gasteiger charge is -2.28. The van der Waals surface area contributed by atoms with Gasteiger partial charge in [-0.2, -0.15) is 0 Å². The number of hydrogen-bond donors (Lipinski definition) is 0. The van der Waals surface area contributed by atoms with Crippen LogP contribution in [0.2, 0.25) is 0 Å². The van der Waals surface area contributed by atoms with Crippen molar-refractivity contribution in [3.63, 3.8) is 0 Å². The van der Waals surface area contributed by atoms with Crippen LogP contribution in [-0.4, -0.2) is 11.9 Å². The third-order valence-electron chi connectivity index (χ3n) is 6.99. The van der Waals surface area contributed by atoms with Crippen LogP contribution in [0.1, 0.15) is 112 Å². The number of esters is 2. The topological polar surface area (TPSA) is 52.6 Å². The van der Waals surface area contributed by atoms with Crippen LogP contribution < -0.4 is 0 Å². The number of hydrogen-bond acceptors (Lipinski definition) is 4. The summed E-state index contributed by atoms with van der Waals surface area (Å²) >= 11 is 0. The quantitative estimate of drug-likeness (QED) is 0.311. The molecule has 0 spiro atoms. The Kier molecular flexibility index (Phi) is 8.55. The first-order valence-corrected chi connectivity index (χ1v) is 13.2. The average molecular weight is 515 g/mol. The number of ether oxygens (including phenoxy) is 2. The number of aryl methyl sites for hydroxylation is 2. The zero-order valence-electron chi connectivity index (χ0n) is 24.6. The van der Waals surface area contributed by atoms with E-state index < -0.39 is 12.2 Å². The summed E-state index contributed by atoms with van der Waals surface area (Å²) in [5, 5.41) is 0. The molecule has 38 heavy (non-hydrogen) atoms. The first-order valence-electron chi connectivity index (χ1n) is 13.2. The lowest BCUT2D eigenvalue weighted by molar-refractivity contribution is -0.146. The zero-order chi connectivity index (χ0) is 28.4. The Morgan fingerprint density at radius 3 is 1.11 bits per heavy atom. The van der Waals surface area contributed by atoms with Gasteiger partial charge in [0, 0.05) is 25.0 Å². The summed E-state index contributed by atoms with van der Waals surface area (Å²) in [5.74, 6) is -0.754. The largest absolute Gasteiger partial charge is 0.453 e. The normalized spacial score (nSPS) is 13.5. The fraction of sp³-hybridized carbons (Fsp3) is 0.412. The molecule has 0 amide bonds. The smallest absolute Gasteiger partial charge is 0.303 e. The third kappa shape index (κ3) is 6.92. The minimum Gasteiger partial charge on any atom is -0.453 e. The monoisotopic (exact) mass is 514 g/mol. The predicted octanol–water partition coefficient (Wildman–Crippen LogP) is 8.20. The third-order valence-corrected chi connectivity index (χ3v) is 6.99. The van der Waals surface area contributed by atoms with E-state index >= 15 is 0 Å². The Balaban J connectivity index is 2.23. The van der Waals surface area contributed by atoms with Crippen LogP contribution in [0.4, 0.5) is 0 Å². The molecular weight excluding hydrogens is 472 g/mol. The molecular formula is C34H42O4. The first kappa shape index (κ1) is 29.2. The SMILES string of the molecule is CC(=O)OC(c1ccc(C(C)(C)C)cc1)c1cc(C)c(C)cc1C(OC(C)=O)c1ccc(C(C)(C)C)cc1. The van der Waals surface area contributed by atoms with Crippen LogP contribution >= 0.6 is 0 Å². The molecule has 0 fully saturated rings. The van der Waals surface area contributed by atoms with Gasteiger partial charge >= 0.3 is 11.9 Å². The van der Waals surface area contributed by atoms with Gasteiger partial charge in [0.15, 0.2) is 12.2 Å². The van der Waals surface area contributed by atoms with Crippen molar-refractivity contribution in [2.45, 2.75) is 92.3 Å². The zero-order valence-corrected chi connectivity index (χ0v) is 24.6. The van der Waals surface area contributed by atoms with Crippen LogP contribution in [0.5, 0.6) is 0 Å². The second kappa shape index (κ2) is 11.1. The fourth-order valence-corrected chi connectivity index (χ4v) is 4.58. The highest BCUT2D eigenvalue weighted by Crippen LogP contribution is 2.39. The molecule has 0 heterocycles. The molecule has 2 unspecified atom stereocenters. The molecule has 4 nitrogen and oxygen atoms in total. The van der Waals surface area contributed by atoms with E-state index in [1.165, 1.54) is 25.0 Å². The molecule has 0 N–H and O–H groups in total. The summed E-state index contributed by atoms with van der Waals surface area (Å²) in [6.45, 7) is 19.9. The summed E-state index contributed by atoms with van der Waals surface area (Å²) in [6, 6.07) is 20.5. The fourth-order valence-electron chi connectivity index (χ4n) is 4.58. The van der Waals surface area contributed by atoms with Crippen LogP contribution in [0, 0.1) is 13.8 Å². The van der Waals surface area contributed by atoms with Gasteiger partial charge in [-0.3, -0.25) is 9.59 Å². The number of rotatable bonds is 6. The molecule has 3 aromatic carbocycles. The molecule has 0 aromatic heterocycles. The number of carbonyl (C=O) groups is 2. The lowest BCUT2D eigenvalue weighted by atomic mass is 9.83. The van der Waals surface area contributed by atoms with Crippen molar-refractivity contribution in [1.29, 1.82) is 0 Å². The maximum atomic E-state index is 12.3. The first-order chi connectivity index (χ1) is 17.6. The van der Waals surface area contributed by atoms with Crippen molar-refractivity contribution in [3.8, 4) is 0 Å². The Labute approximate surface area is 228 Å². The molecule has 0 aliphatic heterocycles. The molecule has 0 saturated carbocycles. The lowest BCUT2D eigenvalue weighted by Crippen LogP contribution is -2.18. The summed E-state index contributed by atoms with van der Waals surface area (Å²) in [7, 11) is 0. The number of carbonyl (C=O) groups excluding carboxylic acids is 2. The second-order valence-corrected chi connectivity index (χ2v) is 12.3. The molecule has 0 aliphatic rings. The van der Waals surface area contributed by atoms with E-state index in [0.717, 1.165) is 33.4 Å². The molecule has 0 aliphatic carbocycles. The Morgan fingerprint density at radius 2 is 0.868 bits per heavy atom. The maximum Gasteiger partial charge on any atom is 0.303 e. The highest BCUT2D eigenvalue weighted by Gasteiger charge is 2.29. The molecule has 3 rings (SSSR count). The van der Waals surface area contributed by atoms with Crippen molar-refractivity contribution in [3.05, 3.63) is 105 Å². The van der Waals surface area contributed by atoms with Crippen LogP contribution in [0.3, 0.4) is 0 Å². The molecule has 4 heteroatoms. The predicted molar refractivity (Wildman–Crippen MR) is 153 cm³/mol. The summed E-state index contributed by atoms with van der Waals surface area (Å²) < 4.78 is 11.9. The minimum absolute atomic E-state index is 0.000702. The van der Waals surface area contributed by atoms with Gasteiger partial charge in [0.25, 0.3) is 0 Å². The Hall–Kier alpha value is -3.40. The highest BCUT2D eigenvalue weighted by atomic mass is 16.5. The van der Waals surface area contributed by atoms with Gasteiger partial charge in [-0.15, -0.1) is 0 Å². The van der Waals surface area contributed by atoms with E-state index in [9.17, 15) is 9.59 Å². The summed E-state index contributed by atoms with van der Waals surface area (Å²) in [5.41, 5.74) is 7.86. The van der Waals surface area contributed by atoms with Gasteiger partial charge in [0.2, 0.25) is 0 Å². The van der Waals surface area contributed by atoms with Crippen LogP contribution in [0.15, 0.2) is 60.7 Å². The van der Waals surface area contributed by atoms with Gasteiger partial charge in [-0.1, -0.05) is 102 Å². The van der Waals surface area contributed by atoms with Crippen molar-refractivity contribution in [1.82, 2.24) is 0 Å². The molecule has 0 bridgehead atoms. The average Bonchev–Trinajstić information content (AvgIpc) is 2.81. The van der Waals surface area contributed by atoms with E-state index in [0.29, 0.717) is 0 Å². The van der Waals surface area contributed by atoms with Gasteiger partial charge in [0.1, 0.15) is 0 Å². The highest BCUT2D eigenvalue weighted by molar-refractivity contribution is 5.68. The second-order valence-electron chi connectivity index (χ2n) is 12.3. The van der Waals surface area contributed by atoms with Crippen molar-refractivity contribution >= 4 is 11.9 Å². The Morgan fingerprint density at radius 1 is 0.579 bits per heavy atom. The maximum absolute atomic E-state index is 12.3. The summed E-state index contributed by atoms with van der Waals surface area (Å²) in [6.07, 6.45) is -1.30. The molecule has 3 aromatic rings. The van der Waals surface area contributed by atoms with E-state index in [1.807, 2.05) is 38.1 Å².